The number of furan rings is 1. The van der Waals surface area contributed by atoms with Gasteiger partial charge in [0.2, 0.25) is 0 Å². The number of hydrogen-bond acceptors (Lipinski definition) is 1. The van der Waals surface area contributed by atoms with E-state index in [9.17, 15) is 0 Å². The lowest BCUT2D eigenvalue weighted by Crippen LogP contribution is -1.90. The molecule has 0 aromatic carbocycles. The minimum Gasteiger partial charge on any atom is -0.469 e. The maximum atomic E-state index is 5.33. The van der Waals surface area contributed by atoms with Gasteiger partial charge in [-0.05, 0) is 31.4 Å². The van der Waals surface area contributed by atoms with Gasteiger partial charge in [-0.3, -0.25) is 0 Å². The molecule has 0 N–H and O–H groups in total. The molecule has 1 heteroatoms. The molecule has 1 aliphatic rings. The second kappa shape index (κ2) is 2.57. The van der Waals surface area contributed by atoms with E-state index in [2.05, 4.69) is 6.58 Å². The molecule has 0 radical (unpaired) electrons. The monoisotopic (exact) mass is 148 g/mol. The molecule has 1 aliphatic carbocycles. The van der Waals surface area contributed by atoms with Crippen LogP contribution in [-0.4, -0.2) is 0 Å². The molecule has 0 saturated heterocycles. The van der Waals surface area contributed by atoms with Crippen LogP contribution in [0.5, 0.6) is 0 Å². The van der Waals surface area contributed by atoms with E-state index in [0.29, 0.717) is 5.92 Å². The Labute approximate surface area is 66.7 Å². The average Bonchev–Trinajstić information content (AvgIpc) is 2.55. The highest BCUT2D eigenvalue weighted by molar-refractivity contribution is 5.22. The minimum atomic E-state index is 0.505. The molecule has 0 spiro atoms. The van der Waals surface area contributed by atoms with Gasteiger partial charge < -0.3 is 4.42 Å². The van der Waals surface area contributed by atoms with Crippen LogP contribution < -0.4 is 0 Å². The first-order chi connectivity index (χ1) is 5.38. The summed E-state index contributed by atoms with van der Waals surface area (Å²) in [5.41, 5.74) is 1.33. The lowest BCUT2D eigenvalue weighted by atomic mass is 10.0. The maximum absolute atomic E-state index is 5.33. The summed E-state index contributed by atoms with van der Waals surface area (Å²) >= 11 is 0. The molecule has 1 heterocycles. The quantitative estimate of drug-likeness (QED) is 0.558. The van der Waals surface area contributed by atoms with Crippen molar-refractivity contribution < 1.29 is 4.42 Å². The number of hydrogen-bond donors (Lipinski definition) is 0. The van der Waals surface area contributed by atoms with Gasteiger partial charge in [0.05, 0.1) is 6.26 Å². The van der Waals surface area contributed by atoms with Gasteiger partial charge in [0, 0.05) is 5.92 Å². The van der Waals surface area contributed by atoms with Gasteiger partial charge in [-0.15, -0.1) is 0 Å². The lowest BCUT2D eigenvalue weighted by Gasteiger charge is -2.05. The van der Waals surface area contributed by atoms with Crippen LogP contribution in [0, 0.1) is 0 Å². The van der Waals surface area contributed by atoms with E-state index in [-0.39, 0.29) is 0 Å². The van der Waals surface area contributed by atoms with E-state index in [4.69, 9.17) is 4.42 Å². The Balaban J connectivity index is 2.23. The average molecular weight is 148 g/mol. The standard InChI is InChI=1S/C10H12O/c1-8-4-2-5-9(8)10-6-3-7-11-10/h3,6-7,9H,1-2,4-5H2/t9-/m1/s1. The first-order valence-corrected chi connectivity index (χ1v) is 4.09. The Morgan fingerprint density at radius 2 is 2.45 bits per heavy atom. The molecule has 58 valence electrons. The third kappa shape index (κ3) is 1.11. The predicted molar refractivity (Wildman–Crippen MR) is 44.4 cm³/mol. The Hall–Kier alpha value is -0.980. The second-order valence-electron chi connectivity index (χ2n) is 3.12. The zero-order valence-corrected chi connectivity index (χ0v) is 6.55. The first kappa shape index (κ1) is 6.71. The zero-order chi connectivity index (χ0) is 7.68. The third-order valence-electron chi connectivity index (χ3n) is 2.37. The lowest BCUT2D eigenvalue weighted by molar-refractivity contribution is 0.485. The molecule has 1 saturated carbocycles. The molecule has 1 nitrogen and oxygen atoms in total. The fourth-order valence-corrected chi connectivity index (χ4v) is 1.74. The van der Waals surface area contributed by atoms with Crippen molar-refractivity contribution in [2.45, 2.75) is 25.2 Å². The van der Waals surface area contributed by atoms with Crippen molar-refractivity contribution in [2.24, 2.45) is 0 Å². The molecule has 11 heavy (non-hydrogen) atoms. The highest BCUT2D eigenvalue weighted by atomic mass is 16.3. The van der Waals surface area contributed by atoms with Crippen molar-refractivity contribution in [3.63, 3.8) is 0 Å². The fourth-order valence-electron chi connectivity index (χ4n) is 1.74. The van der Waals surface area contributed by atoms with E-state index < -0.39 is 0 Å². The molecule has 1 fully saturated rings. The summed E-state index contributed by atoms with van der Waals surface area (Å²) in [6.45, 7) is 4.03. The Morgan fingerprint density at radius 3 is 3.00 bits per heavy atom. The molecule has 1 aromatic heterocycles. The van der Waals surface area contributed by atoms with E-state index in [1.165, 1.54) is 24.8 Å². The largest absolute Gasteiger partial charge is 0.469 e. The van der Waals surface area contributed by atoms with Gasteiger partial charge in [-0.1, -0.05) is 12.2 Å². The molecular formula is C10H12O. The van der Waals surface area contributed by atoms with Crippen molar-refractivity contribution in [1.82, 2.24) is 0 Å². The van der Waals surface area contributed by atoms with Crippen molar-refractivity contribution in [1.29, 1.82) is 0 Å². The summed E-state index contributed by atoms with van der Waals surface area (Å²) < 4.78 is 5.33. The van der Waals surface area contributed by atoms with E-state index in [1.54, 1.807) is 6.26 Å². The Bertz CT molecular complexity index is 246. The van der Waals surface area contributed by atoms with E-state index in [1.807, 2.05) is 12.1 Å². The smallest absolute Gasteiger partial charge is 0.110 e. The van der Waals surface area contributed by atoms with Crippen LogP contribution in [0.1, 0.15) is 30.9 Å². The summed E-state index contributed by atoms with van der Waals surface area (Å²) in [4.78, 5) is 0. The van der Waals surface area contributed by atoms with Crippen LogP contribution in [0.3, 0.4) is 0 Å². The summed E-state index contributed by atoms with van der Waals surface area (Å²) in [7, 11) is 0. The van der Waals surface area contributed by atoms with Crippen molar-refractivity contribution in [3.8, 4) is 0 Å². The van der Waals surface area contributed by atoms with E-state index >= 15 is 0 Å². The molecule has 0 bridgehead atoms. The van der Waals surface area contributed by atoms with Crippen LogP contribution >= 0.6 is 0 Å². The molecule has 2 rings (SSSR count). The van der Waals surface area contributed by atoms with Gasteiger partial charge in [0.1, 0.15) is 5.76 Å². The molecule has 0 amide bonds. The molecule has 0 unspecified atom stereocenters. The highest BCUT2D eigenvalue weighted by Crippen LogP contribution is 2.37. The summed E-state index contributed by atoms with van der Waals surface area (Å²) in [5, 5.41) is 0. The van der Waals surface area contributed by atoms with Crippen LogP contribution in [0.4, 0.5) is 0 Å². The zero-order valence-electron chi connectivity index (χ0n) is 6.55. The summed E-state index contributed by atoms with van der Waals surface area (Å²) in [5.74, 6) is 1.59. The van der Waals surface area contributed by atoms with Gasteiger partial charge in [-0.25, -0.2) is 0 Å². The Morgan fingerprint density at radius 1 is 1.55 bits per heavy atom. The van der Waals surface area contributed by atoms with Gasteiger partial charge in [-0.2, -0.15) is 0 Å². The van der Waals surface area contributed by atoms with Crippen molar-refractivity contribution in [2.75, 3.05) is 0 Å². The van der Waals surface area contributed by atoms with Crippen LogP contribution in [0.2, 0.25) is 0 Å². The van der Waals surface area contributed by atoms with Gasteiger partial charge in [0.25, 0.3) is 0 Å². The summed E-state index contributed by atoms with van der Waals surface area (Å²) in [6, 6.07) is 3.99. The third-order valence-corrected chi connectivity index (χ3v) is 2.37. The van der Waals surface area contributed by atoms with Crippen LogP contribution in [-0.2, 0) is 0 Å². The number of allylic oxidation sites excluding steroid dienone is 1. The Kier molecular flexibility index (Phi) is 1.57. The second-order valence-corrected chi connectivity index (χ2v) is 3.12. The topological polar surface area (TPSA) is 13.1 Å². The minimum absolute atomic E-state index is 0.505. The SMILES string of the molecule is C=C1CCC[C@H]1c1ccco1. The highest BCUT2D eigenvalue weighted by Gasteiger charge is 2.22. The van der Waals surface area contributed by atoms with E-state index in [0.717, 1.165) is 5.76 Å². The van der Waals surface area contributed by atoms with Crippen molar-refractivity contribution >= 4 is 0 Å². The van der Waals surface area contributed by atoms with Gasteiger partial charge >= 0.3 is 0 Å². The van der Waals surface area contributed by atoms with Crippen molar-refractivity contribution in [3.05, 3.63) is 36.3 Å². The number of rotatable bonds is 1. The normalized spacial score (nSPS) is 24.4. The first-order valence-electron chi connectivity index (χ1n) is 4.09. The van der Waals surface area contributed by atoms with Gasteiger partial charge in [0.15, 0.2) is 0 Å². The van der Waals surface area contributed by atoms with Crippen LogP contribution in [0.15, 0.2) is 35.0 Å². The molecule has 1 aromatic rings. The molecule has 1 atom stereocenters. The van der Waals surface area contributed by atoms with Crippen LogP contribution in [0.25, 0.3) is 0 Å². The fraction of sp³-hybridized carbons (Fsp3) is 0.400. The maximum Gasteiger partial charge on any atom is 0.110 e. The predicted octanol–water partition coefficient (Wildman–Crippen LogP) is 3.10. The summed E-state index contributed by atoms with van der Waals surface area (Å²) in [6.07, 6.45) is 5.39. The molecule has 0 aliphatic heterocycles. The molecular weight excluding hydrogens is 136 g/mol.